The van der Waals surface area contributed by atoms with E-state index in [0.29, 0.717) is 32.1 Å². The lowest BCUT2D eigenvalue weighted by molar-refractivity contribution is -0.119. The Bertz CT molecular complexity index is 461. The Hall–Kier alpha value is -1.72. The summed E-state index contributed by atoms with van der Waals surface area (Å²) in [6, 6.07) is -0.395. The average molecular weight is 314 g/mol. The zero-order valence-corrected chi connectivity index (χ0v) is 13.1. The van der Waals surface area contributed by atoms with E-state index in [1.807, 2.05) is 6.92 Å². The van der Waals surface area contributed by atoms with E-state index in [4.69, 9.17) is 0 Å². The molecule has 2 amide bonds. The number of unbranched alkanes of at least 4 members (excludes halogenated alkanes) is 1. The first-order valence-electron chi connectivity index (χ1n) is 7.80. The number of carbonyl (C=O) groups excluding carboxylic acids is 2. The van der Waals surface area contributed by atoms with Crippen LogP contribution in [0.15, 0.2) is 23.8 Å². The molecule has 0 aromatic carbocycles. The van der Waals surface area contributed by atoms with Crippen LogP contribution in [-0.2, 0) is 9.59 Å². The summed E-state index contributed by atoms with van der Waals surface area (Å²) in [4.78, 5) is 23.1. The Kier molecular flexibility index (Phi) is 7.77. The van der Waals surface area contributed by atoms with Gasteiger partial charge in [-0.05, 0) is 44.3 Å². The minimum atomic E-state index is -0.788. The summed E-state index contributed by atoms with van der Waals surface area (Å²) in [6.07, 6.45) is 5.99. The Morgan fingerprint density at radius 2 is 1.50 bits per heavy atom. The first-order chi connectivity index (χ1) is 10.5. The van der Waals surface area contributed by atoms with Crippen LogP contribution in [0.4, 0.5) is 8.78 Å². The zero-order chi connectivity index (χ0) is 16.5. The zero-order valence-electron chi connectivity index (χ0n) is 13.1. The molecule has 0 aliphatic heterocycles. The van der Waals surface area contributed by atoms with Gasteiger partial charge in [-0.1, -0.05) is 20.3 Å². The molecular weight excluding hydrogens is 290 g/mol. The third kappa shape index (κ3) is 5.95. The monoisotopic (exact) mass is 314 g/mol. The van der Waals surface area contributed by atoms with E-state index in [-0.39, 0.29) is 12.1 Å². The molecule has 0 aromatic rings. The molecule has 1 fully saturated rings. The Balaban J connectivity index is 2.42. The second kappa shape index (κ2) is 9.33. The molecule has 22 heavy (non-hydrogen) atoms. The summed E-state index contributed by atoms with van der Waals surface area (Å²) in [5.74, 6) is -3.01. The van der Waals surface area contributed by atoms with Gasteiger partial charge < -0.3 is 10.6 Å². The minimum absolute atomic E-state index is 0.197. The van der Waals surface area contributed by atoms with Crippen molar-refractivity contribution in [3.8, 4) is 0 Å². The van der Waals surface area contributed by atoms with Gasteiger partial charge in [0.15, 0.2) is 11.7 Å². The van der Waals surface area contributed by atoms with E-state index in [9.17, 15) is 18.4 Å². The van der Waals surface area contributed by atoms with Crippen molar-refractivity contribution in [1.82, 2.24) is 10.6 Å². The second-order valence-electron chi connectivity index (χ2n) is 5.45. The number of hydrogen-bond acceptors (Lipinski definition) is 2. The molecule has 124 valence electrons. The van der Waals surface area contributed by atoms with Gasteiger partial charge in [0, 0.05) is 12.1 Å². The van der Waals surface area contributed by atoms with Crippen molar-refractivity contribution in [2.24, 2.45) is 0 Å². The lowest BCUT2D eigenvalue weighted by Gasteiger charge is -2.14. The maximum Gasteiger partial charge on any atom is 0.279 e. The van der Waals surface area contributed by atoms with Crippen LogP contribution in [0.5, 0.6) is 0 Å². The third-order valence-corrected chi connectivity index (χ3v) is 3.53. The fraction of sp³-hybridized carbons (Fsp3) is 0.625. The molecule has 1 aliphatic rings. The second-order valence-corrected chi connectivity index (χ2v) is 5.45. The van der Waals surface area contributed by atoms with Gasteiger partial charge in [-0.3, -0.25) is 9.59 Å². The van der Waals surface area contributed by atoms with Crippen molar-refractivity contribution in [3.63, 3.8) is 0 Å². The van der Waals surface area contributed by atoms with Gasteiger partial charge in [0.1, 0.15) is 0 Å². The SMILES string of the molecule is CCC=C(F)C(=O)NC1CCC(NC(=O)C(F)=CCCC)C1. The Morgan fingerprint density at radius 3 is 1.95 bits per heavy atom. The van der Waals surface area contributed by atoms with E-state index < -0.39 is 23.5 Å². The topological polar surface area (TPSA) is 58.2 Å². The molecule has 1 aliphatic carbocycles. The number of halogens is 2. The molecule has 2 N–H and O–H groups in total. The van der Waals surface area contributed by atoms with Crippen LogP contribution >= 0.6 is 0 Å². The van der Waals surface area contributed by atoms with Gasteiger partial charge in [0.25, 0.3) is 11.8 Å². The van der Waals surface area contributed by atoms with Gasteiger partial charge in [-0.2, -0.15) is 0 Å². The quantitative estimate of drug-likeness (QED) is 0.710. The van der Waals surface area contributed by atoms with Gasteiger partial charge in [0.05, 0.1) is 0 Å². The smallest absolute Gasteiger partial charge is 0.279 e. The van der Waals surface area contributed by atoms with E-state index in [1.54, 1.807) is 6.92 Å². The summed E-state index contributed by atoms with van der Waals surface area (Å²) < 4.78 is 26.8. The van der Waals surface area contributed by atoms with Crippen LogP contribution in [0.1, 0.15) is 52.4 Å². The van der Waals surface area contributed by atoms with Crippen molar-refractivity contribution in [2.45, 2.75) is 64.5 Å². The fourth-order valence-corrected chi connectivity index (χ4v) is 2.39. The maximum absolute atomic E-state index is 13.5. The van der Waals surface area contributed by atoms with E-state index >= 15 is 0 Å². The number of carbonyl (C=O) groups is 2. The Morgan fingerprint density at radius 1 is 1.00 bits per heavy atom. The molecule has 0 heterocycles. The molecule has 4 nitrogen and oxygen atoms in total. The van der Waals surface area contributed by atoms with Crippen LogP contribution in [0.2, 0.25) is 0 Å². The lowest BCUT2D eigenvalue weighted by Crippen LogP contribution is -2.37. The van der Waals surface area contributed by atoms with Crippen molar-refractivity contribution >= 4 is 11.8 Å². The van der Waals surface area contributed by atoms with Gasteiger partial charge in [-0.25, -0.2) is 8.78 Å². The van der Waals surface area contributed by atoms with Crippen molar-refractivity contribution in [2.75, 3.05) is 0 Å². The molecule has 0 saturated heterocycles. The van der Waals surface area contributed by atoms with Gasteiger partial charge >= 0.3 is 0 Å². The van der Waals surface area contributed by atoms with Crippen LogP contribution in [0, 0.1) is 0 Å². The standard InChI is InChI=1S/C16H24F2N2O2/c1-3-5-7-14(18)16(22)20-12-9-8-11(10-12)19-15(21)13(17)6-4-2/h6-7,11-12H,3-5,8-10H2,1-2H3,(H,19,21)(H,20,22). The predicted octanol–water partition coefficient (Wildman–Crippen LogP) is 3.06. The van der Waals surface area contributed by atoms with Crippen LogP contribution in [-0.4, -0.2) is 23.9 Å². The highest BCUT2D eigenvalue weighted by atomic mass is 19.1. The van der Waals surface area contributed by atoms with E-state index in [1.165, 1.54) is 12.2 Å². The van der Waals surface area contributed by atoms with Crippen molar-refractivity contribution in [1.29, 1.82) is 0 Å². The maximum atomic E-state index is 13.5. The first-order valence-corrected chi connectivity index (χ1v) is 7.80. The largest absolute Gasteiger partial charge is 0.347 e. The molecule has 2 unspecified atom stereocenters. The molecule has 0 spiro atoms. The number of amides is 2. The summed E-state index contributed by atoms with van der Waals surface area (Å²) in [6.45, 7) is 3.65. The number of nitrogens with one attached hydrogen (secondary N) is 2. The van der Waals surface area contributed by atoms with Crippen LogP contribution in [0.25, 0.3) is 0 Å². The summed E-state index contributed by atoms with van der Waals surface area (Å²) in [7, 11) is 0. The molecule has 6 heteroatoms. The summed E-state index contributed by atoms with van der Waals surface area (Å²) in [5, 5.41) is 5.19. The molecular formula is C16H24F2N2O2. The van der Waals surface area contributed by atoms with Crippen molar-refractivity contribution in [3.05, 3.63) is 23.8 Å². The normalized spacial score (nSPS) is 22.5. The summed E-state index contributed by atoms with van der Waals surface area (Å²) in [5.41, 5.74) is 0. The molecule has 1 saturated carbocycles. The molecule has 0 aromatic heterocycles. The highest BCUT2D eigenvalue weighted by Crippen LogP contribution is 2.20. The number of allylic oxidation sites excluding steroid dienone is 2. The third-order valence-electron chi connectivity index (χ3n) is 3.53. The average Bonchev–Trinajstić information content (AvgIpc) is 2.91. The van der Waals surface area contributed by atoms with Gasteiger partial charge in [0.2, 0.25) is 0 Å². The van der Waals surface area contributed by atoms with E-state index in [0.717, 1.165) is 6.42 Å². The predicted molar refractivity (Wildman–Crippen MR) is 81.3 cm³/mol. The van der Waals surface area contributed by atoms with Crippen LogP contribution < -0.4 is 10.6 Å². The van der Waals surface area contributed by atoms with Gasteiger partial charge in [-0.15, -0.1) is 0 Å². The lowest BCUT2D eigenvalue weighted by atomic mass is 10.2. The molecule has 1 rings (SSSR count). The van der Waals surface area contributed by atoms with Crippen LogP contribution in [0.3, 0.4) is 0 Å². The highest BCUT2D eigenvalue weighted by molar-refractivity contribution is 5.92. The Labute approximate surface area is 130 Å². The van der Waals surface area contributed by atoms with E-state index in [2.05, 4.69) is 10.6 Å². The molecule has 0 bridgehead atoms. The molecule has 2 atom stereocenters. The van der Waals surface area contributed by atoms with Crippen molar-refractivity contribution < 1.29 is 18.4 Å². The summed E-state index contributed by atoms with van der Waals surface area (Å²) >= 11 is 0. The first kappa shape index (κ1) is 18.3. The molecule has 0 radical (unpaired) electrons. The number of hydrogen-bond donors (Lipinski definition) is 2. The fourth-order valence-electron chi connectivity index (χ4n) is 2.39. The minimum Gasteiger partial charge on any atom is -0.347 e. The highest BCUT2D eigenvalue weighted by Gasteiger charge is 2.28. The number of rotatable bonds is 7.